The molecule has 0 atom stereocenters. The molecule has 2 heterocycles. The van der Waals surface area contributed by atoms with Gasteiger partial charge in [-0.25, -0.2) is 0 Å². The van der Waals surface area contributed by atoms with E-state index in [-0.39, 0.29) is 11.5 Å². The normalized spacial score (nSPS) is 14.4. The average Bonchev–Trinajstić information content (AvgIpc) is 3.22. The number of fused-ring (bicyclic) bond motifs is 2. The Bertz CT molecular complexity index is 1420. The smallest absolute Gasteiger partial charge is 0.260 e. The second-order valence-corrected chi connectivity index (χ2v) is 8.36. The maximum atomic E-state index is 12.6. The summed E-state index contributed by atoms with van der Waals surface area (Å²) >= 11 is 1.65. The van der Waals surface area contributed by atoms with Crippen LogP contribution >= 0.6 is 11.3 Å². The quantitative estimate of drug-likeness (QED) is 0.214. The summed E-state index contributed by atoms with van der Waals surface area (Å²) in [6.07, 6.45) is 1.57. The van der Waals surface area contributed by atoms with E-state index in [0.717, 1.165) is 22.1 Å². The Morgan fingerprint density at radius 2 is 1.72 bits per heavy atom. The van der Waals surface area contributed by atoms with E-state index in [4.69, 9.17) is 0 Å². The number of amides is 2. The van der Waals surface area contributed by atoms with Gasteiger partial charge in [-0.05, 0) is 46.8 Å². The van der Waals surface area contributed by atoms with Crippen LogP contribution in [0.2, 0.25) is 0 Å². The number of aromatic hydroxyl groups is 2. The fourth-order valence-electron chi connectivity index (χ4n) is 3.79. The molecule has 0 radical (unpaired) electrons. The number of rotatable bonds is 4. The average molecular weight is 442 g/mol. The van der Waals surface area contributed by atoms with E-state index in [1.165, 1.54) is 16.8 Å². The zero-order chi connectivity index (χ0) is 22.2. The largest absolute Gasteiger partial charge is 0.504 e. The summed E-state index contributed by atoms with van der Waals surface area (Å²) in [6, 6.07) is 18.1. The minimum atomic E-state index is -0.476. The Kier molecular flexibility index (Phi) is 4.88. The van der Waals surface area contributed by atoms with Crippen molar-refractivity contribution in [2.45, 2.75) is 6.54 Å². The zero-order valence-corrected chi connectivity index (χ0v) is 17.6. The Morgan fingerprint density at radius 1 is 0.875 bits per heavy atom. The molecule has 4 aromatic rings. The van der Waals surface area contributed by atoms with Gasteiger partial charge < -0.3 is 15.5 Å². The van der Waals surface area contributed by atoms with Crippen molar-refractivity contribution in [1.82, 2.24) is 10.6 Å². The number of imide groups is 1. The molecule has 0 aliphatic carbocycles. The molecule has 1 aromatic heterocycles. The summed E-state index contributed by atoms with van der Waals surface area (Å²) in [6.45, 7) is 0.322. The Labute approximate surface area is 187 Å². The number of thiophene rings is 1. The zero-order valence-electron chi connectivity index (χ0n) is 16.8. The first-order valence-corrected chi connectivity index (χ1v) is 10.8. The van der Waals surface area contributed by atoms with Crippen LogP contribution < -0.4 is 10.6 Å². The lowest BCUT2D eigenvalue weighted by atomic mass is 9.91. The number of hydrogen-bond donors (Lipinski definition) is 4. The van der Waals surface area contributed by atoms with E-state index in [9.17, 15) is 19.8 Å². The Hall–Kier alpha value is -4.10. The van der Waals surface area contributed by atoms with E-state index in [1.807, 2.05) is 24.3 Å². The molecule has 158 valence electrons. The van der Waals surface area contributed by atoms with E-state index in [0.29, 0.717) is 23.2 Å². The van der Waals surface area contributed by atoms with Gasteiger partial charge in [0.1, 0.15) is 0 Å². The van der Waals surface area contributed by atoms with Gasteiger partial charge >= 0.3 is 0 Å². The molecule has 0 saturated carbocycles. The number of carbonyl (C=O) groups is 2. The summed E-state index contributed by atoms with van der Waals surface area (Å²) < 4.78 is 1.17. The second-order valence-electron chi connectivity index (χ2n) is 7.45. The van der Waals surface area contributed by atoms with Crippen LogP contribution in [0.1, 0.15) is 21.5 Å². The third-order valence-electron chi connectivity index (χ3n) is 5.41. The minimum Gasteiger partial charge on any atom is -0.504 e. The monoisotopic (exact) mass is 442 g/mol. The maximum Gasteiger partial charge on any atom is 0.260 e. The predicted molar refractivity (Wildman–Crippen MR) is 124 cm³/mol. The molecule has 1 aliphatic heterocycles. The molecule has 2 amide bonds. The van der Waals surface area contributed by atoms with E-state index >= 15 is 0 Å². The van der Waals surface area contributed by atoms with Gasteiger partial charge in [0, 0.05) is 39.5 Å². The van der Waals surface area contributed by atoms with Gasteiger partial charge in [0.25, 0.3) is 11.8 Å². The lowest BCUT2D eigenvalue weighted by Gasteiger charge is -2.19. The van der Waals surface area contributed by atoms with Crippen LogP contribution in [0.15, 0.2) is 72.2 Å². The fourth-order valence-corrected chi connectivity index (χ4v) is 4.76. The van der Waals surface area contributed by atoms with Crippen LogP contribution in [-0.2, 0) is 11.3 Å². The first-order valence-electron chi connectivity index (χ1n) is 9.92. The van der Waals surface area contributed by atoms with Gasteiger partial charge in [0.2, 0.25) is 0 Å². The number of benzene rings is 3. The molecular weight excluding hydrogens is 424 g/mol. The number of carbonyl (C=O) groups excluding carboxylic acids is 2. The second kappa shape index (κ2) is 7.86. The minimum absolute atomic E-state index is 0.195. The lowest BCUT2D eigenvalue weighted by Crippen LogP contribution is -2.37. The molecule has 4 N–H and O–H groups in total. The van der Waals surface area contributed by atoms with Gasteiger partial charge in [-0.3, -0.25) is 14.9 Å². The Balaban J connectivity index is 1.51. The fraction of sp³-hybridized carbons (Fsp3) is 0.0400. The SMILES string of the molecule is O=C1NC(=O)c2ccc(-c3csc4ccccc34)cc2C1=CNCc1ccc(O)c(O)c1. The maximum absolute atomic E-state index is 12.6. The van der Waals surface area contributed by atoms with Crippen molar-refractivity contribution in [1.29, 1.82) is 0 Å². The summed E-state index contributed by atoms with van der Waals surface area (Å²) in [5.74, 6) is -1.31. The Morgan fingerprint density at radius 3 is 2.56 bits per heavy atom. The molecule has 5 rings (SSSR count). The highest BCUT2D eigenvalue weighted by atomic mass is 32.1. The first kappa shape index (κ1) is 19.8. The van der Waals surface area contributed by atoms with Gasteiger partial charge in [-0.2, -0.15) is 0 Å². The molecule has 32 heavy (non-hydrogen) atoms. The molecule has 0 unspecified atom stereocenters. The van der Waals surface area contributed by atoms with Crippen LogP contribution in [0, 0.1) is 0 Å². The molecule has 0 saturated heterocycles. The predicted octanol–water partition coefficient (Wildman–Crippen LogP) is 4.38. The molecule has 0 bridgehead atoms. The van der Waals surface area contributed by atoms with Crippen molar-refractivity contribution in [2.75, 3.05) is 0 Å². The molecule has 0 fully saturated rings. The van der Waals surface area contributed by atoms with Crippen molar-refractivity contribution in [3.8, 4) is 22.6 Å². The number of hydrogen-bond acceptors (Lipinski definition) is 6. The van der Waals surface area contributed by atoms with Crippen LogP contribution in [0.4, 0.5) is 0 Å². The van der Waals surface area contributed by atoms with Crippen molar-refractivity contribution in [3.05, 3.63) is 88.9 Å². The number of nitrogens with one attached hydrogen (secondary N) is 2. The highest BCUT2D eigenvalue weighted by Crippen LogP contribution is 2.36. The third-order valence-corrected chi connectivity index (χ3v) is 6.37. The van der Waals surface area contributed by atoms with Gasteiger partial charge in [0.05, 0.1) is 5.57 Å². The first-order chi connectivity index (χ1) is 15.5. The highest BCUT2D eigenvalue weighted by Gasteiger charge is 2.27. The van der Waals surface area contributed by atoms with Crippen LogP contribution in [0.25, 0.3) is 26.8 Å². The van der Waals surface area contributed by atoms with Gasteiger partial charge in [-0.1, -0.05) is 30.3 Å². The molecule has 3 aromatic carbocycles. The van der Waals surface area contributed by atoms with Gasteiger partial charge in [0.15, 0.2) is 11.5 Å². The summed E-state index contributed by atoms with van der Waals surface area (Å²) in [5.41, 5.74) is 4.06. The van der Waals surface area contributed by atoms with Crippen molar-refractivity contribution >= 4 is 38.8 Å². The standard InChI is InChI=1S/C25H18N2O4S/c28-21-8-5-14(9-22(21)29)11-26-12-19-18-10-15(6-7-17(18)24(30)27-25(19)31)20-13-32-23-4-2-1-3-16(20)23/h1-10,12-13,26,28-29H,11H2,(H,27,30,31). The van der Waals surface area contributed by atoms with Crippen molar-refractivity contribution in [2.24, 2.45) is 0 Å². The van der Waals surface area contributed by atoms with Crippen LogP contribution in [0.5, 0.6) is 11.5 Å². The summed E-state index contributed by atoms with van der Waals surface area (Å²) in [7, 11) is 0. The lowest BCUT2D eigenvalue weighted by molar-refractivity contribution is -0.114. The van der Waals surface area contributed by atoms with Crippen molar-refractivity contribution < 1.29 is 19.8 Å². The molecule has 6 nitrogen and oxygen atoms in total. The van der Waals surface area contributed by atoms with Gasteiger partial charge in [-0.15, -0.1) is 11.3 Å². The molecule has 1 aliphatic rings. The summed E-state index contributed by atoms with van der Waals surface area (Å²) in [4.78, 5) is 25.0. The van der Waals surface area contributed by atoms with E-state index in [2.05, 4.69) is 28.1 Å². The van der Waals surface area contributed by atoms with E-state index < -0.39 is 11.8 Å². The molecule has 0 spiro atoms. The third kappa shape index (κ3) is 3.48. The van der Waals surface area contributed by atoms with E-state index in [1.54, 1.807) is 29.7 Å². The molecule has 7 heteroatoms. The molecular formula is C25H18N2O4S. The number of phenols is 2. The van der Waals surface area contributed by atoms with Crippen LogP contribution in [-0.4, -0.2) is 22.0 Å². The highest BCUT2D eigenvalue weighted by molar-refractivity contribution is 7.17. The van der Waals surface area contributed by atoms with Crippen LogP contribution in [0.3, 0.4) is 0 Å². The van der Waals surface area contributed by atoms with Crippen molar-refractivity contribution in [3.63, 3.8) is 0 Å². The number of phenolic OH excluding ortho intramolecular Hbond substituents is 2. The topological polar surface area (TPSA) is 98.7 Å². The summed E-state index contributed by atoms with van der Waals surface area (Å²) in [5, 5.41) is 27.7.